The van der Waals surface area contributed by atoms with Crippen molar-refractivity contribution in [2.24, 2.45) is 0 Å². The summed E-state index contributed by atoms with van der Waals surface area (Å²) in [6.45, 7) is 7.38. The van der Waals surface area contributed by atoms with E-state index in [2.05, 4.69) is 31.2 Å². The molecule has 0 unspecified atom stereocenters. The molecule has 0 amide bonds. The Morgan fingerprint density at radius 2 is 1.40 bits per heavy atom. The van der Waals surface area contributed by atoms with E-state index in [-0.39, 0.29) is 0 Å². The van der Waals surface area contributed by atoms with Crippen molar-refractivity contribution in [3.8, 4) is 11.5 Å². The zero-order valence-electron chi connectivity index (χ0n) is 12.2. The van der Waals surface area contributed by atoms with Gasteiger partial charge in [0, 0.05) is 4.90 Å². The van der Waals surface area contributed by atoms with E-state index in [9.17, 15) is 0 Å². The summed E-state index contributed by atoms with van der Waals surface area (Å²) in [6.07, 6.45) is 0. The molecule has 2 aromatic rings. The monoisotopic (exact) mass is 288 g/mol. The lowest BCUT2D eigenvalue weighted by molar-refractivity contribution is 0.308. The van der Waals surface area contributed by atoms with Gasteiger partial charge < -0.3 is 9.47 Å². The first-order chi connectivity index (χ1) is 9.74. The van der Waals surface area contributed by atoms with Crippen LogP contribution in [0.1, 0.15) is 19.4 Å². The molecule has 0 heterocycles. The Bertz CT molecular complexity index is 525. The van der Waals surface area contributed by atoms with Crippen LogP contribution in [-0.4, -0.2) is 13.2 Å². The highest BCUT2D eigenvalue weighted by Gasteiger charge is 2.12. The molecule has 3 heteroatoms. The standard InChI is InChI=1S/C17H20O2S/c1-4-18-15-7-6-8-16(19-5-2)17(15)20-14-11-9-13(3)10-12-14/h6-12H,4-5H2,1-3H3. The molecule has 0 aliphatic carbocycles. The summed E-state index contributed by atoms with van der Waals surface area (Å²) in [6, 6.07) is 14.4. The predicted molar refractivity (Wildman–Crippen MR) is 84.1 cm³/mol. The maximum atomic E-state index is 5.72. The molecule has 2 nitrogen and oxygen atoms in total. The van der Waals surface area contributed by atoms with Crippen molar-refractivity contribution < 1.29 is 9.47 Å². The van der Waals surface area contributed by atoms with E-state index in [0.29, 0.717) is 13.2 Å². The van der Waals surface area contributed by atoms with Crippen LogP contribution < -0.4 is 9.47 Å². The topological polar surface area (TPSA) is 18.5 Å². The molecular weight excluding hydrogens is 268 g/mol. The van der Waals surface area contributed by atoms with Crippen molar-refractivity contribution in [3.05, 3.63) is 48.0 Å². The first kappa shape index (κ1) is 14.8. The third-order valence-corrected chi connectivity index (χ3v) is 3.90. The normalized spacial score (nSPS) is 10.3. The van der Waals surface area contributed by atoms with Gasteiger partial charge in [-0.15, -0.1) is 0 Å². The van der Waals surface area contributed by atoms with Gasteiger partial charge in [-0.3, -0.25) is 0 Å². The van der Waals surface area contributed by atoms with Crippen LogP contribution in [0.25, 0.3) is 0 Å². The molecule has 0 aliphatic rings. The van der Waals surface area contributed by atoms with Gasteiger partial charge in [0.05, 0.1) is 18.1 Å². The van der Waals surface area contributed by atoms with E-state index in [1.165, 1.54) is 10.5 Å². The van der Waals surface area contributed by atoms with Crippen LogP contribution in [0.5, 0.6) is 11.5 Å². The van der Waals surface area contributed by atoms with Gasteiger partial charge in [-0.2, -0.15) is 0 Å². The minimum absolute atomic E-state index is 0.650. The quantitative estimate of drug-likeness (QED) is 0.749. The highest BCUT2D eigenvalue weighted by atomic mass is 32.2. The fraction of sp³-hybridized carbons (Fsp3) is 0.294. The molecule has 0 saturated carbocycles. The van der Waals surface area contributed by atoms with Crippen LogP contribution in [0, 0.1) is 6.92 Å². The molecule has 0 saturated heterocycles. The Labute approximate surface area is 125 Å². The van der Waals surface area contributed by atoms with Gasteiger partial charge in [-0.05, 0) is 45.0 Å². The zero-order valence-corrected chi connectivity index (χ0v) is 13.0. The van der Waals surface area contributed by atoms with Gasteiger partial charge in [-0.1, -0.05) is 35.5 Å². The molecule has 0 N–H and O–H groups in total. The largest absolute Gasteiger partial charge is 0.493 e. The second kappa shape index (κ2) is 7.25. The average molecular weight is 288 g/mol. The van der Waals surface area contributed by atoms with Crippen molar-refractivity contribution in [2.45, 2.75) is 30.6 Å². The number of rotatable bonds is 6. The van der Waals surface area contributed by atoms with Crippen molar-refractivity contribution in [1.82, 2.24) is 0 Å². The van der Waals surface area contributed by atoms with E-state index in [0.717, 1.165) is 16.4 Å². The van der Waals surface area contributed by atoms with E-state index in [1.807, 2.05) is 32.0 Å². The number of benzene rings is 2. The maximum absolute atomic E-state index is 5.72. The molecule has 106 valence electrons. The summed E-state index contributed by atoms with van der Waals surface area (Å²) in [4.78, 5) is 2.23. The maximum Gasteiger partial charge on any atom is 0.136 e. The lowest BCUT2D eigenvalue weighted by atomic mass is 10.2. The second-order valence-corrected chi connectivity index (χ2v) is 5.45. The van der Waals surface area contributed by atoms with Crippen LogP contribution in [-0.2, 0) is 0 Å². The fourth-order valence-electron chi connectivity index (χ4n) is 1.86. The number of hydrogen-bond acceptors (Lipinski definition) is 3. The molecule has 2 aromatic carbocycles. The summed E-state index contributed by atoms with van der Waals surface area (Å²) >= 11 is 1.68. The van der Waals surface area contributed by atoms with Gasteiger partial charge >= 0.3 is 0 Å². The summed E-state index contributed by atoms with van der Waals surface area (Å²) in [7, 11) is 0. The van der Waals surface area contributed by atoms with Crippen LogP contribution in [0.3, 0.4) is 0 Å². The molecule has 20 heavy (non-hydrogen) atoms. The van der Waals surface area contributed by atoms with Crippen LogP contribution >= 0.6 is 11.8 Å². The zero-order chi connectivity index (χ0) is 14.4. The molecule has 2 rings (SSSR count). The summed E-state index contributed by atoms with van der Waals surface area (Å²) in [5, 5.41) is 0. The van der Waals surface area contributed by atoms with Crippen LogP contribution in [0.2, 0.25) is 0 Å². The van der Waals surface area contributed by atoms with E-state index >= 15 is 0 Å². The number of ether oxygens (including phenoxy) is 2. The summed E-state index contributed by atoms with van der Waals surface area (Å²) < 4.78 is 11.4. The SMILES string of the molecule is CCOc1cccc(OCC)c1Sc1ccc(C)cc1. The van der Waals surface area contributed by atoms with Crippen molar-refractivity contribution in [2.75, 3.05) is 13.2 Å². The fourth-order valence-corrected chi connectivity index (χ4v) is 2.82. The van der Waals surface area contributed by atoms with Gasteiger partial charge in [-0.25, -0.2) is 0 Å². The van der Waals surface area contributed by atoms with E-state index in [4.69, 9.17) is 9.47 Å². The first-order valence-electron chi connectivity index (χ1n) is 6.87. The third-order valence-electron chi connectivity index (χ3n) is 2.78. The second-order valence-electron chi connectivity index (χ2n) is 4.36. The Balaban J connectivity index is 2.33. The number of hydrogen-bond donors (Lipinski definition) is 0. The highest BCUT2D eigenvalue weighted by molar-refractivity contribution is 7.99. The van der Waals surface area contributed by atoms with Gasteiger partial charge in [0.25, 0.3) is 0 Å². The minimum atomic E-state index is 0.650. The molecule has 0 bridgehead atoms. The molecule has 0 spiro atoms. The van der Waals surface area contributed by atoms with Crippen molar-refractivity contribution in [1.29, 1.82) is 0 Å². The van der Waals surface area contributed by atoms with Crippen LogP contribution in [0.15, 0.2) is 52.3 Å². The highest BCUT2D eigenvalue weighted by Crippen LogP contribution is 2.41. The summed E-state index contributed by atoms with van der Waals surface area (Å²) in [5.41, 5.74) is 1.26. The lowest BCUT2D eigenvalue weighted by Crippen LogP contribution is -1.98. The van der Waals surface area contributed by atoms with Crippen molar-refractivity contribution >= 4 is 11.8 Å². The average Bonchev–Trinajstić information content (AvgIpc) is 2.45. The molecule has 0 aliphatic heterocycles. The van der Waals surface area contributed by atoms with Gasteiger partial charge in [0.1, 0.15) is 11.5 Å². The smallest absolute Gasteiger partial charge is 0.136 e. The van der Waals surface area contributed by atoms with E-state index in [1.54, 1.807) is 11.8 Å². The van der Waals surface area contributed by atoms with Gasteiger partial charge in [0.15, 0.2) is 0 Å². The Morgan fingerprint density at radius 3 is 1.90 bits per heavy atom. The number of aryl methyl sites for hydroxylation is 1. The minimum Gasteiger partial charge on any atom is -0.493 e. The van der Waals surface area contributed by atoms with Crippen molar-refractivity contribution in [3.63, 3.8) is 0 Å². The molecule has 0 atom stereocenters. The molecule has 0 aromatic heterocycles. The lowest BCUT2D eigenvalue weighted by Gasteiger charge is -2.14. The molecule has 0 radical (unpaired) electrons. The van der Waals surface area contributed by atoms with Gasteiger partial charge in [0.2, 0.25) is 0 Å². The molecule has 0 fully saturated rings. The predicted octanol–water partition coefficient (Wildman–Crippen LogP) is 4.94. The first-order valence-corrected chi connectivity index (χ1v) is 7.69. The van der Waals surface area contributed by atoms with Crippen LogP contribution in [0.4, 0.5) is 0 Å². The summed E-state index contributed by atoms with van der Waals surface area (Å²) in [5.74, 6) is 1.76. The Kier molecular flexibility index (Phi) is 5.36. The Hall–Kier alpha value is -1.61. The third kappa shape index (κ3) is 3.70. The molecular formula is C17H20O2S. The van der Waals surface area contributed by atoms with E-state index < -0.39 is 0 Å². The Morgan fingerprint density at radius 1 is 0.850 bits per heavy atom.